The Morgan fingerprint density at radius 2 is 1.89 bits per heavy atom. The average Bonchev–Trinajstić information content (AvgIpc) is 2.72. The van der Waals surface area contributed by atoms with Crippen LogP contribution >= 0.6 is 0 Å². The van der Waals surface area contributed by atoms with Crippen LogP contribution in [0.3, 0.4) is 0 Å². The van der Waals surface area contributed by atoms with Crippen molar-refractivity contribution in [3.63, 3.8) is 0 Å². The lowest BCUT2D eigenvalue weighted by Crippen LogP contribution is -2.58. The third-order valence-electron chi connectivity index (χ3n) is 5.02. The van der Waals surface area contributed by atoms with E-state index >= 15 is 0 Å². The van der Waals surface area contributed by atoms with Gasteiger partial charge in [0.15, 0.2) is 0 Å². The number of ether oxygens (including phenoxy) is 1. The van der Waals surface area contributed by atoms with E-state index in [9.17, 15) is 0 Å². The van der Waals surface area contributed by atoms with Crippen molar-refractivity contribution in [2.24, 2.45) is 5.73 Å². The molecule has 0 aromatic rings. The van der Waals surface area contributed by atoms with Gasteiger partial charge in [0.2, 0.25) is 0 Å². The number of nitrogens with two attached hydrogens (primary N) is 1. The molecule has 2 aliphatic rings. The number of hydrogen-bond acceptors (Lipinski definition) is 3. The third kappa shape index (κ3) is 3.93. The molecule has 1 saturated heterocycles. The monoisotopic (exact) mass is 268 g/mol. The van der Waals surface area contributed by atoms with E-state index < -0.39 is 0 Å². The van der Waals surface area contributed by atoms with Crippen molar-refractivity contribution in [1.29, 1.82) is 0 Å². The predicted molar refractivity (Wildman–Crippen MR) is 80.3 cm³/mol. The summed E-state index contributed by atoms with van der Waals surface area (Å²) in [4.78, 5) is 2.68. The van der Waals surface area contributed by atoms with Gasteiger partial charge in [-0.1, -0.05) is 32.6 Å². The highest BCUT2D eigenvalue weighted by Gasteiger charge is 2.38. The fourth-order valence-corrected chi connectivity index (χ4v) is 3.83. The molecule has 3 heteroatoms. The molecule has 2 N–H and O–H groups in total. The van der Waals surface area contributed by atoms with Gasteiger partial charge in [-0.2, -0.15) is 0 Å². The molecule has 0 aromatic heterocycles. The van der Waals surface area contributed by atoms with Gasteiger partial charge in [-0.05, 0) is 38.6 Å². The molecule has 0 aromatic carbocycles. The van der Waals surface area contributed by atoms with Gasteiger partial charge >= 0.3 is 0 Å². The Balaban J connectivity index is 1.96. The van der Waals surface area contributed by atoms with E-state index in [-0.39, 0.29) is 5.54 Å². The van der Waals surface area contributed by atoms with Gasteiger partial charge in [-0.15, -0.1) is 0 Å². The first-order chi connectivity index (χ1) is 9.30. The number of nitrogens with zero attached hydrogens (tertiary/aromatic N) is 1. The highest BCUT2D eigenvalue weighted by Crippen LogP contribution is 2.34. The molecule has 2 rings (SSSR count). The molecule has 0 amide bonds. The SMILES string of the molecule is CCCOC1CCCN(C2(CN)CCCCCC2)C1. The maximum absolute atomic E-state index is 6.20. The normalized spacial score (nSPS) is 29.1. The lowest BCUT2D eigenvalue weighted by molar-refractivity contribution is -0.0406. The zero-order chi connectivity index (χ0) is 13.6. The largest absolute Gasteiger partial charge is 0.377 e. The van der Waals surface area contributed by atoms with Gasteiger partial charge in [0.25, 0.3) is 0 Å². The van der Waals surface area contributed by atoms with Crippen LogP contribution in [0.4, 0.5) is 0 Å². The zero-order valence-electron chi connectivity index (χ0n) is 12.7. The van der Waals surface area contributed by atoms with Crippen molar-refractivity contribution in [1.82, 2.24) is 4.90 Å². The Bertz CT molecular complexity index is 249. The van der Waals surface area contributed by atoms with Crippen molar-refractivity contribution in [2.75, 3.05) is 26.2 Å². The van der Waals surface area contributed by atoms with Gasteiger partial charge in [-0.25, -0.2) is 0 Å². The Morgan fingerprint density at radius 3 is 2.53 bits per heavy atom. The van der Waals surface area contributed by atoms with E-state index in [1.54, 1.807) is 0 Å². The van der Waals surface area contributed by atoms with Gasteiger partial charge in [0, 0.05) is 25.2 Å². The Kier molecular flexibility index (Phi) is 6.11. The molecule has 0 spiro atoms. The maximum atomic E-state index is 6.20. The number of rotatable bonds is 5. The molecule has 19 heavy (non-hydrogen) atoms. The molecule has 1 aliphatic carbocycles. The van der Waals surface area contributed by atoms with Crippen molar-refractivity contribution in [3.8, 4) is 0 Å². The van der Waals surface area contributed by atoms with Crippen molar-refractivity contribution >= 4 is 0 Å². The van der Waals surface area contributed by atoms with E-state index in [2.05, 4.69) is 11.8 Å². The van der Waals surface area contributed by atoms with Crippen LogP contribution in [0.15, 0.2) is 0 Å². The van der Waals surface area contributed by atoms with Crippen LogP contribution in [0.5, 0.6) is 0 Å². The molecular weight excluding hydrogens is 236 g/mol. The topological polar surface area (TPSA) is 38.5 Å². The molecule has 1 heterocycles. The number of likely N-dealkylation sites (tertiary alicyclic amines) is 1. The summed E-state index contributed by atoms with van der Waals surface area (Å²) >= 11 is 0. The standard InChI is InChI=1S/C16H32N2O/c1-2-12-19-15-8-7-11-18(13-15)16(14-17)9-5-3-4-6-10-16/h15H,2-14,17H2,1H3. The number of hydrogen-bond donors (Lipinski definition) is 1. The van der Waals surface area contributed by atoms with E-state index in [1.807, 2.05) is 0 Å². The van der Waals surface area contributed by atoms with Crippen LogP contribution in [0.2, 0.25) is 0 Å². The molecule has 0 radical (unpaired) electrons. The van der Waals surface area contributed by atoms with Crippen molar-refractivity contribution in [3.05, 3.63) is 0 Å². The Hall–Kier alpha value is -0.120. The molecule has 1 unspecified atom stereocenters. The smallest absolute Gasteiger partial charge is 0.0702 e. The molecule has 1 atom stereocenters. The molecular formula is C16H32N2O. The van der Waals surface area contributed by atoms with Crippen LogP contribution < -0.4 is 5.73 Å². The summed E-state index contributed by atoms with van der Waals surface area (Å²) in [5.74, 6) is 0. The summed E-state index contributed by atoms with van der Waals surface area (Å²) < 4.78 is 5.99. The van der Waals surface area contributed by atoms with Crippen molar-refractivity contribution in [2.45, 2.75) is 76.4 Å². The zero-order valence-corrected chi connectivity index (χ0v) is 12.7. The van der Waals surface area contributed by atoms with Gasteiger partial charge in [0.05, 0.1) is 6.10 Å². The summed E-state index contributed by atoms with van der Waals surface area (Å²) in [6.07, 6.45) is 12.2. The fourth-order valence-electron chi connectivity index (χ4n) is 3.83. The minimum absolute atomic E-state index is 0.282. The third-order valence-corrected chi connectivity index (χ3v) is 5.02. The Morgan fingerprint density at radius 1 is 1.16 bits per heavy atom. The second-order valence-corrected chi connectivity index (χ2v) is 6.42. The lowest BCUT2D eigenvalue weighted by atomic mass is 9.86. The highest BCUT2D eigenvalue weighted by molar-refractivity contribution is 4.95. The van der Waals surface area contributed by atoms with Crippen LogP contribution in [0, 0.1) is 0 Å². The molecule has 112 valence electrons. The van der Waals surface area contributed by atoms with E-state index in [1.165, 1.54) is 57.9 Å². The lowest BCUT2D eigenvalue weighted by Gasteiger charge is -2.47. The van der Waals surface area contributed by atoms with E-state index in [0.29, 0.717) is 6.10 Å². The van der Waals surface area contributed by atoms with Gasteiger partial charge in [-0.3, -0.25) is 4.90 Å². The molecule has 1 saturated carbocycles. The summed E-state index contributed by atoms with van der Waals surface area (Å²) in [5, 5.41) is 0. The summed E-state index contributed by atoms with van der Waals surface area (Å²) in [7, 11) is 0. The van der Waals surface area contributed by atoms with Crippen LogP contribution in [0.1, 0.15) is 64.7 Å². The first-order valence-corrected chi connectivity index (χ1v) is 8.37. The minimum atomic E-state index is 0.282. The molecule has 2 fully saturated rings. The summed E-state index contributed by atoms with van der Waals surface area (Å²) in [6, 6.07) is 0. The summed E-state index contributed by atoms with van der Waals surface area (Å²) in [5.41, 5.74) is 6.48. The second kappa shape index (κ2) is 7.61. The maximum Gasteiger partial charge on any atom is 0.0702 e. The quantitative estimate of drug-likeness (QED) is 0.779. The summed E-state index contributed by atoms with van der Waals surface area (Å²) in [6.45, 7) is 6.26. The van der Waals surface area contributed by atoms with Crippen LogP contribution in [-0.2, 0) is 4.74 Å². The highest BCUT2D eigenvalue weighted by atomic mass is 16.5. The van der Waals surface area contributed by atoms with Crippen molar-refractivity contribution < 1.29 is 4.74 Å². The van der Waals surface area contributed by atoms with E-state index in [0.717, 1.165) is 26.1 Å². The van der Waals surface area contributed by atoms with E-state index in [4.69, 9.17) is 10.5 Å². The van der Waals surface area contributed by atoms with Gasteiger partial charge < -0.3 is 10.5 Å². The minimum Gasteiger partial charge on any atom is -0.377 e. The first-order valence-electron chi connectivity index (χ1n) is 8.37. The molecule has 1 aliphatic heterocycles. The second-order valence-electron chi connectivity index (χ2n) is 6.42. The van der Waals surface area contributed by atoms with Crippen LogP contribution in [-0.4, -0.2) is 42.8 Å². The Labute approximate surface area is 118 Å². The first kappa shape index (κ1) is 15.3. The predicted octanol–water partition coefficient (Wildman–Crippen LogP) is 2.93. The molecule has 0 bridgehead atoms. The van der Waals surface area contributed by atoms with Crippen LogP contribution in [0.25, 0.3) is 0 Å². The fraction of sp³-hybridized carbons (Fsp3) is 1.00. The van der Waals surface area contributed by atoms with Gasteiger partial charge in [0.1, 0.15) is 0 Å². The molecule has 3 nitrogen and oxygen atoms in total. The number of piperidine rings is 1. The average molecular weight is 268 g/mol.